The van der Waals surface area contributed by atoms with E-state index in [-0.39, 0.29) is 24.7 Å². The van der Waals surface area contributed by atoms with Gasteiger partial charge < -0.3 is 30.1 Å². The van der Waals surface area contributed by atoms with Crippen molar-refractivity contribution in [2.75, 3.05) is 6.61 Å². The molecule has 0 spiro atoms. The van der Waals surface area contributed by atoms with Gasteiger partial charge in [-0.15, -0.1) is 0 Å². The van der Waals surface area contributed by atoms with E-state index in [1.807, 2.05) is 4.98 Å². The quantitative estimate of drug-likeness (QED) is 0.246. The Labute approximate surface area is 157 Å². The highest BCUT2D eigenvalue weighted by molar-refractivity contribution is 5.81. The second-order valence-corrected chi connectivity index (χ2v) is 6.50. The van der Waals surface area contributed by atoms with Gasteiger partial charge in [-0.2, -0.15) is 4.98 Å². The van der Waals surface area contributed by atoms with Gasteiger partial charge in [0.05, 0.1) is 30.8 Å². The average molecular weight is 392 g/mol. The maximum atomic E-state index is 12.2. The summed E-state index contributed by atoms with van der Waals surface area (Å²) in [5, 5.41) is 48.4. The van der Waals surface area contributed by atoms with Gasteiger partial charge in [-0.05, 0) is 30.2 Å². The van der Waals surface area contributed by atoms with Crippen molar-refractivity contribution in [1.82, 2.24) is 19.5 Å². The van der Waals surface area contributed by atoms with Crippen LogP contribution in [0.25, 0.3) is 22.6 Å². The van der Waals surface area contributed by atoms with E-state index in [0.717, 1.165) is 5.56 Å². The number of aliphatic hydroxyl groups excluding tert-OH is 5. The van der Waals surface area contributed by atoms with Crippen LogP contribution in [0.4, 0.5) is 0 Å². The minimum Gasteiger partial charge on any atom is -0.394 e. The molecule has 150 valence electrons. The molecule has 11 heteroatoms. The van der Waals surface area contributed by atoms with Crippen molar-refractivity contribution in [3.05, 3.63) is 44.1 Å². The normalized spacial score (nSPS) is 15.1. The zero-order chi connectivity index (χ0) is 20.6. The Bertz CT molecular complexity index is 1090. The molecule has 0 saturated carbocycles. The van der Waals surface area contributed by atoms with Crippen LogP contribution in [0.2, 0.25) is 0 Å². The number of nitrogens with one attached hydrogen (secondary N) is 1. The van der Waals surface area contributed by atoms with E-state index in [2.05, 4.69) is 9.97 Å². The minimum atomic E-state index is -1.69. The summed E-state index contributed by atoms with van der Waals surface area (Å²) in [6.45, 7) is 0.346. The summed E-state index contributed by atoms with van der Waals surface area (Å²) in [6, 6.07) is 3.21. The number of nitrogens with zero attached hydrogens (tertiary/aromatic N) is 3. The number of aromatic amines is 1. The molecule has 2 aliphatic heterocycles. The van der Waals surface area contributed by atoms with E-state index in [4.69, 9.17) is 5.11 Å². The van der Waals surface area contributed by atoms with E-state index in [0.29, 0.717) is 16.6 Å². The van der Waals surface area contributed by atoms with Crippen molar-refractivity contribution in [1.29, 1.82) is 0 Å². The number of aliphatic hydroxyl groups is 5. The maximum absolute atomic E-state index is 12.2. The Balaban J connectivity index is 2.29. The molecule has 3 rings (SSSR count). The molecular formula is C17H20N4O7. The Morgan fingerprint density at radius 1 is 1.11 bits per heavy atom. The van der Waals surface area contributed by atoms with Crippen LogP contribution in [-0.4, -0.2) is 70.0 Å². The summed E-state index contributed by atoms with van der Waals surface area (Å²) in [4.78, 5) is 33.9. The molecule has 0 fully saturated rings. The summed E-state index contributed by atoms with van der Waals surface area (Å²) in [6.07, 6.45) is -4.83. The summed E-state index contributed by atoms with van der Waals surface area (Å²) in [5.74, 6) is -0.126. The van der Waals surface area contributed by atoms with E-state index >= 15 is 0 Å². The van der Waals surface area contributed by atoms with Crippen molar-refractivity contribution in [3.8, 4) is 11.5 Å². The Kier molecular flexibility index (Phi) is 5.54. The van der Waals surface area contributed by atoms with Crippen LogP contribution in [0.5, 0.6) is 0 Å². The first-order valence-electron chi connectivity index (χ1n) is 8.46. The molecule has 2 heterocycles. The van der Waals surface area contributed by atoms with E-state index < -0.39 is 36.2 Å². The van der Waals surface area contributed by atoms with Gasteiger partial charge in [0.25, 0.3) is 5.56 Å². The molecule has 0 radical (unpaired) electrons. The highest BCUT2D eigenvalue weighted by Crippen LogP contribution is 2.25. The molecule has 2 aliphatic rings. The van der Waals surface area contributed by atoms with Gasteiger partial charge in [-0.3, -0.25) is 9.78 Å². The van der Waals surface area contributed by atoms with Crippen LogP contribution < -0.4 is 11.2 Å². The van der Waals surface area contributed by atoms with E-state index in [9.17, 15) is 30.0 Å². The van der Waals surface area contributed by atoms with Gasteiger partial charge in [0.2, 0.25) is 0 Å². The Morgan fingerprint density at radius 3 is 2.46 bits per heavy atom. The fourth-order valence-corrected chi connectivity index (χ4v) is 3.00. The largest absolute Gasteiger partial charge is 0.394 e. The Morgan fingerprint density at radius 2 is 1.82 bits per heavy atom. The van der Waals surface area contributed by atoms with Crippen molar-refractivity contribution < 1.29 is 25.5 Å². The number of rotatable bonds is 6. The first-order chi connectivity index (χ1) is 13.3. The number of hydrogen-bond acceptors (Lipinski definition) is 9. The number of aryl methyl sites for hydroxylation is 1. The zero-order valence-corrected chi connectivity index (χ0v) is 14.9. The second kappa shape index (κ2) is 7.73. The van der Waals surface area contributed by atoms with E-state index in [1.165, 1.54) is 4.57 Å². The van der Waals surface area contributed by atoms with Crippen molar-refractivity contribution in [2.45, 2.75) is 38.4 Å². The first-order valence-corrected chi connectivity index (χ1v) is 8.46. The lowest BCUT2D eigenvalue weighted by Crippen LogP contribution is -2.42. The number of H-pyrrole nitrogens is 1. The molecule has 3 unspecified atom stereocenters. The third-order valence-electron chi connectivity index (χ3n) is 4.58. The Hall–Kier alpha value is -2.70. The SMILES string of the molecule is Cc1cc2nc3c(=O)[nH]c(=O)nc-3n(CC(O)C(O)C(O)CO)c2cc1CO. The van der Waals surface area contributed by atoms with Crippen LogP contribution in [0.1, 0.15) is 11.1 Å². The second-order valence-electron chi connectivity index (χ2n) is 6.50. The van der Waals surface area contributed by atoms with Gasteiger partial charge in [0.1, 0.15) is 18.3 Å². The average Bonchev–Trinajstić information content (AvgIpc) is 2.66. The van der Waals surface area contributed by atoms with Crippen LogP contribution >= 0.6 is 0 Å². The third-order valence-corrected chi connectivity index (χ3v) is 4.58. The molecule has 28 heavy (non-hydrogen) atoms. The minimum absolute atomic E-state index is 0.126. The molecule has 3 atom stereocenters. The van der Waals surface area contributed by atoms with Crippen LogP contribution in [0, 0.1) is 6.92 Å². The molecule has 0 aromatic heterocycles. The van der Waals surface area contributed by atoms with Crippen molar-refractivity contribution in [3.63, 3.8) is 0 Å². The van der Waals surface area contributed by atoms with Gasteiger partial charge in [-0.25, -0.2) is 9.78 Å². The molecule has 0 amide bonds. The molecular weight excluding hydrogens is 372 g/mol. The lowest BCUT2D eigenvalue weighted by atomic mass is 10.1. The summed E-state index contributed by atoms with van der Waals surface area (Å²) in [7, 11) is 0. The highest BCUT2D eigenvalue weighted by atomic mass is 16.4. The number of hydrogen-bond donors (Lipinski definition) is 6. The smallest absolute Gasteiger partial charge is 0.349 e. The lowest BCUT2D eigenvalue weighted by molar-refractivity contribution is -0.0802. The molecule has 0 aliphatic carbocycles. The third kappa shape index (κ3) is 3.53. The highest BCUT2D eigenvalue weighted by Gasteiger charge is 2.27. The molecule has 6 N–H and O–H groups in total. The molecule has 1 aromatic rings. The molecule has 0 bridgehead atoms. The summed E-state index contributed by atoms with van der Waals surface area (Å²) < 4.78 is 1.31. The summed E-state index contributed by atoms with van der Waals surface area (Å²) in [5.41, 5.74) is 0.149. The monoisotopic (exact) mass is 392 g/mol. The van der Waals surface area contributed by atoms with Crippen molar-refractivity contribution in [2.24, 2.45) is 0 Å². The zero-order valence-electron chi connectivity index (χ0n) is 14.9. The predicted molar refractivity (Wildman–Crippen MR) is 96.8 cm³/mol. The standard InChI is InChI=1S/C17H20N4O7/c1-7-2-9-10(3-8(7)5-22)21(4-11(24)14(26)12(25)6-23)15-13(18-9)16(27)20-17(28)19-15/h2-3,11-12,14,22-26H,4-6H2,1H3,(H,20,27,28). The lowest BCUT2D eigenvalue weighted by Gasteiger charge is -2.25. The van der Waals surface area contributed by atoms with E-state index in [1.54, 1.807) is 19.1 Å². The topological polar surface area (TPSA) is 182 Å². The summed E-state index contributed by atoms with van der Waals surface area (Å²) >= 11 is 0. The van der Waals surface area contributed by atoms with Gasteiger partial charge in [0.15, 0.2) is 11.5 Å². The van der Waals surface area contributed by atoms with Crippen LogP contribution in [0.15, 0.2) is 21.7 Å². The van der Waals surface area contributed by atoms with Crippen molar-refractivity contribution >= 4 is 11.0 Å². The first kappa shape index (κ1) is 20.0. The van der Waals surface area contributed by atoms with Gasteiger partial charge in [0, 0.05) is 0 Å². The van der Waals surface area contributed by atoms with Crippen LogP contribution in [-0.2, 0) is 13.2 Å². The fourth-order valence-electron chi connectivity index (χ4n) is 3.00. The molecule has 11 nitrogen and oxygen atoms in total. The van der Waals surface area contributed by atoms with Gasteiger partial charge in [-0.1, -0.05) is 0 Å². The van der Waals surface area contributed by atoms with Gasteiger partial charge >= 0.3 is 5.69 Å². The number of fused-ring (bicyclic) bond motifs is 2. The number of aromatic nitrogens is 4. The maximum Gasteiger partial charge on any atom is 0.349 e. The fraction of sp³-hybridized carbons (Fsp3) is 0.412. The molecule has 1 aromatic carbocycles. The number of benzene rings is 1. The van der Waals surface area contributed by atoms with Crippen LogP contribution in [0.3, 0.4) is 0 Å². The molecule has 0 saturated heterocycles. The predicted octanol–water partition coefficient (Wildman–Crippen LogP) is -2.54.